The van der Waals surface area contributed by atoms with Gasteiger partial charge in [-0.1, -0.05) is 0 Å². The topological polar surface area (TPSA) is 207 Å². The standard InChI is InChI=1S/C14H16N2O10.2K.Mg/c17-9(18)3-15(4-10(19)20)7-1-2-8(14(26)13(7)25)16(5-11(21)22)6-12(23)24;;;/h1-2,25-26H,3-6H2,(H,17,18)(H,19,20)(H,21,22)(H,23,24);;;/q;2*+1;+2/p-4. The molecule has 1 aromatic rings. The van der Waals surface area contributed by atoms with Crippen LogP contribution in [-0.2, 0) is 19.2 Å². The summed E-state index contributed by atoms with van der Waals surface area (Å²) in [5.41, 5.74) is -0.886. The minimum atomic E-state index is -1.69. The van der Waals surface area contributed by atoms with Crippen LogP contribution in [0.4, 0.5) is 11.4 Å². The molecular formula is C14H12K2MgN2O10. The van der Waals surface area contributed by atoms with Crippen molar-refractivity contribution in [2.75, 3.05) is 36.0 Å². The van der Waals surface area contributed by atoms with Crippen LogP contribution in [0, 0.1) is 0 Å². The first kappa shape index (κ1) is 34.0. The molecule has 0 heterocycles. The number of nitrogens with zero attached hydrogens (tertiary/aromatic N) is 2. The van der Waals surface area contributed by atoms with Crippen molar-refractivity contribution in [2.24, 2.45) is 0 Å². The minimum absolute atomic E-state index is 0. The summed E-state index contributed by atoms with van der Waals surface area (Å²) < 4.78 is 0. The summed E-state index contributed by atoms with van der Waals surface area (Å²) in [6.07, 6.45) is 0. The van der Waals surface area contributed by atoms with Crippen LogP contribution >= 0.6 is 0 Å². The van der Waals surface area contributed by atoms with Gasteiger partial charge in [0.15, 0.2) is 11.5 Å². The van der Waals surface area contributed by atoms with E-state index >= 15 is 0 Å². The normalized spacial score (nSPS) is 9.10. The van der Waals surface area contributed by atoms with E-state index in [4.69, 9.17) is 0 Å². The fraction of sp³-hybridized carbons (Fsp3) is 0.286. The van der Waals surface area contributed by atoms with Crippen molar-refractivity contribution in [3.05, 3.63) is 12.1 Å². The zero-order valence-electron chi connectivity index (χ0n) is 15.7. The van der Waals surface area contributed by atoms with Gasteiger partial charge < -0.3 is 59.6 Å². The first-order valence-corrected chi connectivity index (χ1v) is 6.87. The molecule has 1 rings (SSSR count). The quantitative estimate of drug-likeness (QED) is 0.241. The Labute approximate surface area is 265 Å². The van der Waals surface area contributed by atoms with Gasteiger partial charge in [0.1, 0.15) is 0 Å². The molecule has 0 bridgehead atoms. The number of carboxylic acid groups (broad SMARTS) is 4. The van der Waals surface area contributed by atoms with Gasteiger partial charge in [0.2, 0.25) is 0 Å². The van der Waals surface area contributed by atoms with E-state index in [2.05, 4.69) is 0 Å². The van der Waals surface area contributed by atoms with Crippen molar-refractivity contribution in [3.63, 3.8) is 0 Å². The van der Waals surface area contributed by atoms with Crippen LogP contribution < -0.4 is 133 Å². The average molecular weight is 471 g/mol. The third-order valence-electron chi connectivity index (χ3n) is 3.07. The van der Waals surface area contributed by atoms with Gasteiger partial charge in [-0.2, -0.15) is 0 Å². The summed E-state index contributed by atoms with van der Waals surface area (Å²) in [6.45, 7) is -3.88. The van der Waals surface area contributed by atoms with Crippen LogP contribution in [0.2, 0.25) is 0 Å². The molecule has 0 atom stereocenters. The van der Waals surface area contributed by atoms with E-state index in [0.29, 0.717) is 9.80 Å². The molecular weight excluding hydrogens is 459 g/mol. The van der Waals surface area contributed by atoms with E-state index in [1.165, 1.54) is 0 Å². The third kappa shape index (κ3) is 11.5. The first-order valence-electron chi connectivity index (χ1n) is 6.87. The van der Waals surface area contributed by atoms with Crippen molar-refractivity contribution >= 4 is 58.3 Å². The molecule has 0 amide bonds. The maximum absolute atomic E-state index is 10.7. The Kier molecular flexibility index (Phi) is 18.8. The van der Waals surface area contributed by atoms with Gasteiger partial charge in [0.05, 0.1) is 61.4 Å². The maximum Gasteiger partial charge on any atom is 2.00 e. The molecule has 0 radical (unpaired) electrons. The van der Waals surface area contributed by atoms with E-state index in [0.717, 1.165) is 12.1 Å². The van der Waals surface area contributed by atoms with E-state index in [-0.39, 0.29) is 126 Å². The number of aliphatic carboxylic acids is 4. The third-order valence-corrected chi connectivity index (χ3v) is 3.07. The summed E-state index contributed by atoms with van der Waals surface area (Å²) in [4.78, 5) is 44.1. The van der Waals surface area contributed by atoms with Crippen molar-refractivity contribution in [2.45, 2.75) is 0 Å². The summed E-state index contributed by atoms with van der Waals surface area (Å²) in [7, 11) is 0. The van der Waals surface area contributed by atoms with Gasteiger partial charge in [-0.25, -0.2) is 0 Å². The number of carboxylic acids is 4. The van der Waals surface area contributed by atoms with E-state index < -0.39 is 72.9 Å². The number of carbonyl (C=O) groups is 4. The van der Waals surface area contributed by atoms with Gasteiger partial charge in [-0.3, -0.25) is 0 Å². The van der Waals surface area contributed by atoms with Gasteiger partial charge in [0.25, 0.3) is 0 Å². The molecule has 0 aliphatic heterocycles. The van der Waals surface area contributed by atoms with Crippen LogP contribution in [0.3, 0.4) is 0 Å². The molecule has 1 aromatic carbocycles. The van der Waals surface area contributed by atoms with Crippen molar-refractivity contribution in [1.29, 1.82) is 0 Å². The number of rotatable bonds is 10. The summed E-state index contributed by atoms with van der Waals surface area (Å²) in [5.74, 6) is -8.78. The Morgan fingerprint density at radius 1 is 0.655 bits per heavy atom. The zero-order valence-corrected chi connectivity index (χ0v) is 23.4. The van der Waals surface area contributed by atoms with Crippen LogP contribution in [0.15, 0.2) is 12.1 Å². The average Bonchev–Trinajstić information content (AvgIpc) is 2.46. The molecule has 0 fully saturated rings. The van der Waals surface area contributed by atoms with Crippen molar-refractivity contribution in [1.82, 2.24) is 0 Å². The number of hydrogen-bond donors (Lipinski definition) is 2. The molecule has 2 N–H and O–H groups in total. The van der Waals surface area contributed by atoms with Crippen LogP contribution in [-0.4, -0.2) is 83.3 Å². The van der Waals surface area contributed by atoms with E-state index in [9.17, 15) is 49.8 Å². The fourth-order valence-corrected chi connectivity index (χ4v) is 2.14. The second-order valence-corrected chi connectivity index (χ2v) is 5.00. The summed E-state index contributed by atoms with van der Waals surface area (Å²) in [5, 5.41) is 62.9. The molecule has 12 nitrogen and oxygen atoms in total. The summed E-state index contributed by atoms with van der Waals surface area (Å²) >= 11 is 0. The molecule has 0 aliphatic rings. The Balaban J connectivity index is -0.00000225. The molecule has 0 aromatic heterocycles. The Morgan fingerprint density at radius 3 is 1.03 bits per heavy atom. The number of benzene rings is 1. The molecule has 0 aliphatic carbocycles. The first-order chi connectivity index (χ1) is 12.0. The van der Waals surface area contributed by atoms with Crippen molar-refractivity contribution in [3.8, 4) is 11.5 Å². The molecule has 0 unspecified atom stereocenters. The Morgan fingerprint density at radius 2 is 0.862 bits per heavy atom. The zero-order chi connectivity index (χ0) is 20.0. The van der Waals surface area contributed by atoms with Crippen molar-refractivity contribution < 1.29 is 153 Å². The predicted molar refractivity (Wildman–Crippen MR) is 80.0 cm³/mol. The van der Waals surface area contributed by atoms with Gasteiger partial charge in [-0.15, -0.1) is 0 Å². The molecule has 29 heavy (non-hydrogen) atoms. The van der Waals surface area contributed by atoms with Gasteiger partial charge in [0, 0.05) is 0 Å². The number of phenols is 2. The van der Waals surface area contributed by atoms with Gasteiger partial charge >= 0.3 is 126 Å². The number of carbonyl (C=O) groups excluding carboxylic acids is 4. The van der Waals surface area contributed by atoms with Crippen LogP contribution in [0.5, 0.6) is 11.5 Å². The Bertz CT molecular complexity index is 656. The Hall–Kier alpha value is 0.339. The molecule has 0 spiro atoms. The monoisotopic (exact) mass is 470 g/mol. The molecule has 0 saturated heterocycles. The summed E-state index contributed by atoms with van der Waals surface area (Å²) in [6, 6.07) is 1.90. The minimum Gasteiger partial charge on any atom is -0.548 e. The number of anilines is 2. The maximum atomic E-state index is 10.7. The second-order valence-electron chi connectivity index (χ2n) is 5.00. The van der Waals surface area contributed by atoms with Crippen LogP contribution in [0.1, 0.15) is 0 Å². The van der Waals surface area contributed by atoms with E-state index in [1.807, 2.05) is 0 Å². The largest absolute Gasteiger partial charge is 2.00 e. The molecule has 142 valence electrons. The number of aromatic hydroxyl groups is 2. The molecule has 0 saturated carbocycles. The molecule has 15 heteroatoms. The van der Waals surface area contributed by atoms with Gasteiger partial charge in [-0.05, 0) is 12.1 Å². The van der Waals surface area contributed by atoms with Crippen LogP contribution in [0.25, 0.3) is 0 Å². The fourth-order valence-electron chi connectivity index (χ4n) is 2.14. The smallest absolute Gasteiger partial charge is 0.548 e. The predicted octanol–water partition coefficient (Wildman–Crippen LogP) is -12.7. The number of phenolic OH excluding ortho intramolecular Hbond substituents is 2. The SMILES string of the molecule is O=C([O-])CN(CC(=O)[O-])c1ccc(N(CC(=O)[O-])CC(=O)[O-])c(O)c1O.[K+].[K+].[Mg+2]. The second kappa shape index (κ2) is 16.0. The van der Waals surface area contributed by atoms with E-state index in [1.54, 1.807) is 0 Å². The number of hydrogen-bond acceptors (Lipinski definition) is 12.